The van der Waals surface area contributed by atoms with E-state index in [0.717, 1.165) is 19.2 Å². The highest BCUT2D eigenvalue weighted by molar-refractivity contribution is 4.93. The molecule has 14 heavy (non-hydrogen) atoms. The van der Waals surface area contributed by atoms with Crippen molar-refractivity contribution >= 4 is 0 Å². The van der Waals surface area contributed by atoms with Crippen molar-refractivity contribution < 1.29 is 4.74 Å². The highest BCUT2D eigenvalue weighted by atomic mass is 16.5. The Hall–Kier alpha value is -0.0800. The third-order valence-electron chi connectivity index (χ3n) is 3.66. The van der Waals surface area contributed by atoms with Crippen LogP contribution >= 0.6 is 0 Å². The number of hydrogen-bond donors (Lipinski definition) is 1. The summed E-state index contributed by atoms with van der Waals surface area (Å²) in [7, 11) is 0. The molecule has 2 rings (SSSR count). The van der Waals surface area contributed by atoms with Crippen molar-refractivity contribution in [1.29, 1.82) is 0 Å². The normalized spacial score (nSPS) is 37.1. The Balaban J connectivity index is 1.68. The van der Waals surface area contributed by atoms with E-state index >= 15 is 0 Å². The van der Waals surface area contributed by atoms with Crippen molar-refractivity contribution in [3.63, 3.8) is 0 Å². The van der Waals surface area contributed by atoms with Gasteiger partial charge in [0, 0.05) is 19.2 Å². The molecule has 0 spiro atoms. The van der Waals surface area contributed by atoms with Crippen LogP contribution in [0.5, 0.6) is 0 Å². The topological polar surface area (TPSA) is 21.3 Å². The van der Waals surface area contributed by atoms with Gasteiger partial charge in [0.2, 0.25) is 0 Å². The number of ether oxygens (including phenoxy) is 1. The quantitative estimate of drug-likeness (QED) is 0.750. The van der Waals surface area contributed by atoms with Crippen molar-refractivity contribution in [3.8, 4) is 0 Å². The Morgan fingerprint density at radius 2 is 2.00 bits per heavy atom. The second kappa shape index (κ2) is 3.49. The third-order valence-corrected chi connectivity index (χ3v) is 3.66. The molecule has 0 bridgehead atoms. The Morgan fingerprint density at radius 1 is 1.29 bits per heavy atom. The molecule has 0 radical (unpaired) electrons. The second-order valence-electron chi connectivity index (χ2n) is 6.05. The lowest BCUT2D eigenvalue weighted by Crippen LogP contribution is -2.50. The van der Waals surface area contributed by atoms with Crippen LogP contribution in [0.1, 0.15) is 46.5 Å². The summed E-state index contributed by atoms with van der Waals surface area (Å²) >= 11 is 0. The minimum Gasteiger partial charge on any atom is -0.374 e. The first-order chi connectivity index (χ1) is 6.49. The minimum absolute atomic E-state index is 0.125. The first kappa shape index (κ1) is 10.4. The average molecular weight is 197 g/mol. The molecule has 0 amide bonds. The zero-order valence-electron chi connectivity index (χ0n) is 9.73. The molecule has 82 valence electrons. The van der Waals surface area contributed by atoms with E-state index in [1.807, 2.05) is 0 Å². The van der Waals surface area contributed by atoms with Crippen LogP contribution in [0.3, 0.4) is 0 Å². The lowest BCUT2D eigenvalue weighted by molar-refractivity contribution is 0.00954. The van der Waals surface area contributed by atoms with E-state index in [1.165, 1.54) is 25.7 Å². The van der Waals surface area contributed by atoms with Gasteiger partial charge in [-0.1, -0.05) is 13.8 Å². The van der Waals surface area contributed by atoms with Crippen LogP contribution in [0.15, 0.2) is 0 Å². The highest BCUT2D eigenvalue weighted by Crippen LogP contribution is 2.40. The predicted octanol–water partition coefficient (Wildman–Crippen LogP) is 2.33. The van der Waals surface area contributed by atoms with E-state index in [0.29, 0.717) is 5.41 Å². The fourth-order valence-corrected chi connectivity index (χ4v) is 2.76. The fraction of sp³-hybridized carbons (Fsp3) is 1.00. The lowest BCUT2D eigenvalue weighted by atomic mass is 9.68. The molecule has 1 aliphatic heterocycles. The number of rotatable bonds is 3. The van der Waals surface area contributed by atoms with Crippen LogP contribution in [0.4, 0.5) is 0 Å². The standard InChI is InChI=1S/C12H23NO/c1-11(2)7-10(8-11)13-9-12(3)5-4-6-14-12/h10,13H,4-9H2,1-3H3. The molecule has 1 heterocycles. The van der Waals surface area contributed by atoms with Gasteiger partial charge < -0.3 is 10.1 Å². The maximum absolute atomic E-state index is 5.75. The molecule has 1 N–H and O–H groups in total. The van der Waals surface area contributed by atoms with Gasteiger partial charge in [0.15, 0.2) is 0 Å². The summed E-state index contributed by atoms with van der Waals surface area (Å²) in [5.41, 5.74) is 0.703. The molecule has 2 nitrogen and oxygen atoms in total. The molecule has 0 aromatic heterocycles. The summed E-state index contributed by atoms with van der Waals surface area (Å²) in [4.78, 5) is 0. The fourth-order valence-electron chi connectivity index (χ4n) is 2.76. The van der Waals surface area contributed by atoms with Gasteiger partial charge in [-0.15, -0.1) is 0 Å². The van der Waals surface area contributed by atoms with Gasteiger partial charge in [-0.2, -0.15) is 0 Å². The summed E-state index contributed by atoms with van der Waals surface area (Å²) in [6, 6.07) is 0.742. The van der Waals surface area contributed by atoms with Gasteiger partial charge in [-0.25, -0.2) is 0 Å². The van der Waals surface area contributed by atoms with E-state index in [4.69, 9.17) is 4.74 Å². The molecule has 2 fully saturated rings. The molecular weight excluding hydrogens is 174 g/mol. The summed E-state index contributed by atoms with van der Waals surface area (Å²) in [6.07, 6.45) is 5.09. The smallest absolute Gasteiger partial charge is 0.0779 e. The maximum atomic E-state index is 5.75. The average Bonchev–Trinajstić information content (AvgIpc) is 2.45. The highest BCUT2D eigenvalue weighted by Gasteiger charge is 2.37. The van der Waals surface area contributed by atoms with E-state index < -0.39 is 0 Å². The van der Waals surface area contributed by atoms with Gasteiger partial charge in [-0.05, 0) is 38.0 Å². The summed E-state index contributed by atoms with van der Waals surface area (Å²) in [5.74, 6) is 0. The first-order valence-corrected chi connectivity index (χ1v) is 5.87. The van der Waals surface area contributed by atoms with Crippen LogP contribution in [0.2, 0.25) is 0 Å². The van der Waals surface area contributed by atoms with Crippen LogP contribution in [0, 0.1) is 5.41 Å². The summed E-state index contributed by atoms with van der Waals surface area (Å²) in [5, 5.41) is 3.63. The Bertz CT molecular complexity index is 198. The Kier molecular flexibility index (Phi) is 2.61. The first-order valence-electron chi connectivity index (χ1n) is 5.87. The van der Waals surface area contributed by atoms with Gasteiger partial charge in [0.1, 0.15) is 0 Å². The van der Waals surface area contributed by atoms with Crippen molar-refractivity contribution in [3.05, 3.63) is 0 Å². The third kappa shape index (κ3) is 2.29. The van der Waals surface area contributed by atoms with Crippen LogP contribution < -0.4 is 5.32 Å². The summed E-state index contributed by atoms with van der Waals surface area (Å²) < 4.78 is 5.75. The van der Waals surface area contributed by atoms with Crippen molar-refractivity contribution in [1.82, 2.24) is 5.32 Å². The monoisotopic (exact) mass is 197 g/mol. The SMILES string of the molecule is CC1(C)CC(NCC2(C)CCCO2)C1. The Morgan fingerprint density at radius 3 is 2.50 bits per heavy atom. The van der Waals surface area contributed by atoms with E-state index in [1.54, 1.807) is 0 Å². The van der Waals surface area contributed by atoms with E-state index in [9.17, 15) is 0 Å². The molecule has 2 heteroatoms. The Labute approximate surface area is 87.4 Å². The zero-order valence-corrected chi connectivity index (χ0v) is 9.73. The molecule has 1 aliphatic carbocycles. The van der Waals surface area contributed by atoms with Gasteiger partial charge in [0.25, 0.3) is 0 Å². The van der Waals surface area contributed by atoms with Gasteiger partial charge in [-0.3, -0.25) is 0 Å². The molecule has 0 aromatic rings. The molecule has 1 atom stereocenters. The predicted molar refractivity (Wildman–Crippen MR) is 58.4 cm³/mol. The minimum atomic E-state index is 0.125. The molecule has 1 unspecified atom stereocenters. The maximum Gasteiger partial charge on any atom is 0.0779 e. The number of nitrogens with one attached hydrogen (secondary N) is 1. The van der Waals surface area contributed by atoms with Crippen molar-refractivity contribution in [2.45, 2.75) is 58.1 Å². The van der Waals surface area contributed by atoms with Crippen LogP contribution in [-0.2, 0) is 4.74 Å². The van der Waals surface area contributed by atoms with Gasteiger partial charge >= 0.3 is 0 Å². The number of hydrogen-bond acceptors (Lipinski definition) is 2. The van der Waals surface area contributed by atoms with Gasteiger partial charge in [0.05, 0.1) is 5.60 Å². The van der Waals surface area contributed by atoms with Crippen LogP contribution in [0.25, 0.3) is 0 Å². The van der Waals surface area contributed by atoms with Crippen molar-refractivity contribution in [2.75, 3.05) is 13.2 Å². The molecular formula is C12H23NO. The molecule has 1 saturated carbocycles. The molecule has 0 aromatic carbocycles. The molecule has 1 saturated heterocycles. The second-order valence-corrected chi connectivity index (χ2v) is 6.05. The largest absolute Gasteiger partial charge is 0.374 e. The van der Waals surface area contributed by atoms with E-state index in [2.05, 4.69) is 26.1 Å². The summed E-state index contributed by atoms with van der Waals surface area (Å²) in [6.45, 7) is 8.91. The van der Waals surface area contributed by atoms with Crippen molar-refractivity contribution in [2.24, 2.45) is 5.41 Å². The van der Waals surface area contributed by atoms with E-state index in [-0.39, 0.29) is 5.60 Å². The lowest BCUT2D eigenvalue weighted by Gasteiger charge is -2.44. The zero-order chi connectivity index (χ0) is 10.2. The van der Waals surface area contributed by atoms with Crippen LogP contribution in [-0.4, -0.2) is 24.8 Å². The molecule has 2 aliphatic rings.